The zero-order valence-corrected chi connectivity index (χ0v) is 13.2. The molecule has 0 radical (unpaired) electrons. The molecule has 1 aromatic heterocycles. The number of rotatable bonds is 7. The van der Waals surface area contributed by atoms with Crippen LogP contribution < -0.4 is 5.32 Å². The summed E-state index contributed by atoms with van der Waals surface area (Å²) in [5, 5.41) is 4.83. The van der Waals surface area contributed by atoms with Gasteiger partial charge in [-0.3, -0.25) is 0 Å². The average Bonchev–Trinajstić information content (AvgIpc) is 2.58. The minimum Gasteiger partial charge on any atom is -0.307 e. The molecule has 0 aliphatic carbocycles. The summed E-state index contributed by atoms with van der Waals surface area (Å²) in [5.41, 5.74) is 1.18. The van der Waals surface area contributed by atoms with E-state index in [9.17, 15) is 0 Å². The quantitative estimate of drug-likeness (QED) is 0.761. The van der Waals surface area contributed by atoms with Crippen molar-refractivity contribution in [1.82, 2.24) is 10.3 Å². The molecule has 1 aromatic rings. The van der Waals surface area contributed by atoms with E-state index < -0.39 is 0 Å². The van der Waals surface area contributed by atoms with E-state index in [4.69, 9.17) is 0 Å². The summed E-state index contributed by atoms with van der Waals surface area (Å²) in [6, 6.07) is 0.994. The SMILES string of the molecule is CCSCCC(C)NC(C)c1sc(C)nc1C. The predicted octanol–water partition coefficient (Wildman–Crippen LogP) is 3.94. The molecule has 0 fully saturated rings. The van der Waals surface area contributed by atoms with Gasteiger partial charge in [0.25, 0.3) is 0 Å². The molecular weight excluding hydrogens is 248 g/mol. The number of thiazole rings is 1. The molecule has 2 unspecified atom stereocenters. The van der Waals surface area contributed by atoms with Crippen LogP contribution in [0.25, 0.3) is 0 Å². The summed E-state index contributed by atoms with van der Waals surface area (Å²) < 4.78 is 0. The Morgan fingerprint density at radius 2 is 2.06 bits per heavy atom. The Hall–Kier alpha value is -0.0600. The highest BCUT2D eigenvalue weighted by molar-refractivity contribution is 7.99. The Morgan fingerprint density at radius 3 is 2.59 bits per heavy atom. The topological polar surface area (TPSA) is 24.9 Å². The Bertz CT molecular complexity index is 336. The van der Waals surface area contributed by atoms with Crippen LogP contribution in [0, 0.1) is 13.8 Å². The molecule has 0 bridgehead atoms. The third-order valence-corrected chi connectivity index (χ3v) is 4.95. The van der Waals surface area contributed by atoms with Crippen LogP contribution in [0.4, 0.5) is 0 Å². The van der Waals surface area contributed by atoms with Gasteiger partial charge >= 0.3 is 0 Å². The summed E-state index contributed by atoms with van der Waals surface area (Å²) in [7, 11) is 0. The van der Waals surface area contributed by atoms with Crippen molar-refractivity contribution in [2.45, 2.75) is 53.1 Å². The molecule has 0 aliphatic heterocycles. The van der Waals surface area contributed by atoms with E-state index in [1.54, 1.807) is 0 Å². The second kappa shape index (κ2) is 7.39. The number of aromatic nitrogens is 1. The van der Waals surface area contributed by atoms with E-state index in [0.717, 1.165) is 0 Å². The summed E-state index contributed by atoms with van der Waals surface area (Å²) in [6.45, 7) is 10.9. The minimum atomic E-state index is 0.419. The molecule has 0 saturated heterocycles. The van der Waals surface area contributed by atoms with E-state index in [2.05, 4.69) is 44.9 Å². The first-order valence-corrected chi connectivity index (χ1v) is 8.29. The summed E-state index contributed by atoms with van der Waals surface area (Å²) >= 11 is 3.83. The van der Waals surface area contributed by atoms with Crippen molar-refractivity contribution in [3.63, 3.8) is 0 Å². The number of hydrogen-bond donors (Lipinski definition) is 1. The first-order chi connectivity index (χ1) is 8.04. The number of nitrogens with one attached hydrogen (secondary N) is 1. The monoisotopic (exact) mass is 272 g/mol. The van der Waals surface area contributed by atoms with Crippen molar-refractivity contribution >= 4 is 23.1 Å². The normalized spacial score (nSPS) is 14.9. The van der Waals surface area contributed by atoms with E-state index in [-0.39, 0.29) is 0 Å². The van der Waals surface area contributed by atoms with E-state index in [1.165, 1.54) is 33.5 Å². The highest BCUT2D eigenvalue weighted by atomic mass is 32.2. The highest BCUT2D eigenvalue weighted by Gasteiger charge is 2.14. The standard InChI is InChI=1S/C13H24N2S2/c1-6-16-8-7-9(2)14-10(3)13-11(4)15-12(5)17-13/h9-10,14H,6-8H2,1-5H3. The minimum absolute atomic E-state index is 0.419. The maximum Gasteiger partial charge on any atom is 0.0900 e. The fourth-order valence-electron chi connectivity index (χ4n) is 1.94. The van der Waals surface area contributed by atoms with Gasteiger partial charge in [0.2, 0.25) is 0 Å². The molecule has 2 nitrogen and oxygen atoms in total. The van der Waals surface area contributed by atoms with Crippen molar-refractivity contribution < 1.29 is 0 Å². The van der Waals surface area contributed by atoms with Crippen LogP contribution in [-0.2, 0) is 0 Å². The number of aryl methyl sites for hydroxylation is 2. The second-order valence-corrected chi connectivity index (χ2v) is 7.09. The molecule has 0 aromatic carbocycles. The van der Waals surface area contributed by atoms with Gasteiger partial charge in [0.1, 0.15) is 0 Å². The molecule has 0 aliphatic rings. The Labute approximate surface area is 114 Å². The third-order valence-electron chi connectivity index (χ3n) is 2.77. The Morgan fingerprint density at radius 1 is 1.35 bits per heavy atom. The molecule has 1 rings (SSSR count). The lowest BCUT2D eigenvalue weighted by Gasteiger charge is -2.19. The van der Waals surface area contributed by atoms with Crippen LogP contribution in [0.5, 0.6) is 0 Å². The molecule has 1 N–H and O–H groups in total. The van der Waals surface area contributed by atoms with Gasteiger partial charge < -0.3 is 5.32 Å². The molecule has 0 spiro atoms. The van der Waals surface area contributed by atoms with Crippen LogP contribution in [0.3, 0.4) is 0 Å². The van der Waals surface area contributed by atoms with Crippen LogP contribution in [0.2, 0.25) is 0 Å². The lowest BCUT2D eigenvalue weighted by atomic mass is 10.2. The fourth-order valence-corrected chi connectivity index (χ4v) is 3.69. The lowest BCUT2D eigenvalue weighted by molar-refractivity contribution is 0.474. The van der Waals surface area contributed by atoms with Gasteiger partial charge in [-0.1, -0.05) is 6.92 Å². The summed E-state index contributed by atoms with van der Waals surface area (Å²) in [4.78, 5) is 5.88. The Kier molecular flexibility index (Phi) is 6.52. The fraction of sp³-hybridized carbons (Fsp3) is 0.769. The maximum atomic E-state index is 4.49. The zero-order valence-electron chi connectivity index (χ0n) is 11.5. The molecule has 0 amide bonds. The molecule has 98 valence electrons. The van der Waals surface area contributed by atoms with Crippen molar-refractivity contribution in [2.75, 3.05) is 11.5 Å². The second-order valence-electron chi connectivity index (χ2n) is 4.46. The van der Waals surface area contributed by atoms with Gasteiger partial charge in [-0.15, -0.1) is 11.3 Å². The van der Waals surface area contributed by atoms with Crippen LogP contribution in [0.1, 0.15) is 48.8 Å². The van der Waals surface area contributed by atoms with Crippen molar-refractivity contribution in [2.24, 2.45) is 0 Å². The smallest absolute Gasteiger partial charge is 0.0900 e. The van der Waals surface area contributed by atoms with Crippen LogP contribution in [0.15, 0.2) is 0 Å². The van der Waals surface area contributed by atoms with E-state index in [1.807, 2.05) is 23.1 Å². The number of thioether (sulfide) groups is 1. The zero-order chi connectivity index (χ0) is 12.8. The van der Waals surface area contributed by atoms with E-state index >= 15 is 0 Å². The van der Waals surface area contributed by atoms with Crippen LogP contribution >= 0.6 is 23.1 Å². The lowest BCUT2D eigenvalue weighted by Crippen LogP contribution is -2.29. The molecule has 2 atom stereocenters. The van der Waals surface area contributed by atoms with Crippen LogP contribution in [-0.4, -0.2) is 22.5 Å². The van der Waals surface area contributed by atoms with Gasteiger partial charge in [-0.05, 0) is 45.6 Å². The van der Waals surface area contributed by atoms with Gasteiger partial charge in [0, 0.05) is 17.0 Å². The van der Waals surface area contributed by atoms with Gasteiger partial charge in [-0.25, -0.2) is 4.98 Å². The summed E-state index contributed by atoms with van der Waals surface area (Å²) in [6.07, 6.45) is 1.24. The summed E-state index contributed by atoms with van der Waals surface area (Å²) in [5.74, 6) is 2.47. The van der Waals surface area contributed by atoms with Crippen molar-refractivity contribution in [1.29, 1.82) is 0 Å². The molecule has 17 heavy (non-hydrogen) atoms. The predicted molar refractivity (Wildman–Crippen MR) is 80.2 cm³/mol. The van der Waals surface area contributed by atoms with Crippen molar-refractivity contribution in [3.8, 4) is 0 Å². The molecule has 0 saturated carbocycles. The first kappa shape index (κ1) is 15.0. The molecular formula is C13H24N2S2. The van der Waals surface area contributed by atoms with Crippen molar-refractivity contribution in [3.05, 3.63) is 15.6 Å². The Balaban J connectivity index is 2.43. The maximum absolute atomic E-state index is 4.49. The molecule has 1 heterocycles. The third kappa shape index (κ3) is 4.98. The van der Waals surface area contributed by atoms with Gasteiger partial charge in [0.05, 0.1) is 10.7 Å². The van der Waals surface area contributed by atoms with Gasteiger partial charge in [0.15, 0.2) is 0 Å². The number of hydrogen-bond acceptors (Lipinski definition) is 4. The number of nitrogens with zero attached hydrogens (tertiary/aromatic N) is 1. The molecule has 4 heteroatoms. The first-order valence-electron chi connectivity index (χ1n) is 6.32. The van der Waals surface area contributed by atoms with Gasteiger partial charge in [-0.2, -0.15) is 11.8 Å². The average molecular weight is 272 g/mol. The highest BCUT2D eigenvalue weighted by Crippen LogP contribution is 2.25. The largest absolute Gasteiger partial charge is 0.307 e. The van der Waals surface area contributed by atoms with E-state index in [0.29, 0.717) is 12.1 Å².